The van der Waals surface area contributed by atoms with E-state index < -0.39 is 0 Å². The van der Waals surface area contributed by atoms with Crippen molar-refractivity contribution in [2.24, 2.45) is 0 Å². The fraction of sp³-hybridized carbons (Fsp3) is 0.0625. The Morgan fingerprint density at radius 3 is 1.74 bits per heavy atom. The summed E-state index contributed by atoms with van der Waals surface area (Å²) in [6, 6.07) is 58.1. The topological polar surface area (TPSA) is 48.5 Å². The van der Waals surface area contributed by atoms with Gasteiger partial charge in [0.15, 0.2) is 11.6 Å². The van der Waals surface area contributed by atoms with Gasteiger partial charge in [-0.1, -0.05) is 153 Å². The first-order valence-corrected chi connectivity index (χ1v) is 18.1. The van der Waals surface area contributed by atoms with Crippen LogP contribution >= 0.6 is 0 Å². The third kappa shape index (κ3) is 4.22. The van der Waals surface area contributed by atoms with E-state index in [1.54, 1.807) is 0 Å². The zero-order chi connectivity index (χ0) is 35.3. The number of aromatic nitrogens is 5. The zero-order valence-electron chi connectivity index (χ0n) is 29.3. The molecule has 5 nitrogen and oxygen atoms in total. The molecule has 0 saturated carbocycles. The van der Waals surface area contributed by atoms with Crippen LogP contribution in [0.2, 0.25) is 0 Å². The number of nitrogens with zero attached hydrogens (tertiary/aromatic N) is 5. The maximum absolute atomic E-state index is 5.20. The summed E-state index contributed by atoms with van der Waals surface area (Å²) in [5.41, 5.74) is 12.7. The number of hydrogen-bond acceptors (Lipinski definition) is 3. The standard InChI is InChI=1S/C48H33N5/c1-48(2)36-23-12-9-21-34(36)42-37(48)24-15-27-40(42)52-38-25-13-10-20-32(38)33-28-29-41-43(44(33)52)35-22-11-14-26-39(35)53(41)47-50-45(30-16-5-3-6-17-30)49-46(51-47)31-18-7-4-8-19-31/h3-29H,1-2H3. The van der Waals surface area contributed by atoms with Crippen molar-refractivity contribution in [1.82, 2.24) is 24.1 Å². The highest BCUT2D eigenvalue weighted by molar-refractivity contribution is 6.26. The second-order valence-electron chi connectivity index (χ2n) is 14.4. The van der Waals surface area contributed by atoms with Crippen LogP contribution in [-0.2, 0) is 5.41 Å². The van der Waals surface area contributed by atoms with Crippen molar-refractivity contribution in [3.05, 3.63) is 175 Å². The normalized spacial score (nSPS) is 13.2. The van der Waals surface area contributed by atoms with E-state index in [1.807, 2.05) is 36.4 Å². The molecule has 5 heteroatoms. The summed E-state index contributed by atoms with van der Waals surface area (Å²) in [7, 11) is 0. The smallest absolute Gasteiger partial charge is 0.238 e. The SMILES string of the molecule is CC1(C)c2ccccc2-c2c(-n3c4ccccc4c4ccc5c(c6ccccc6n5-c5nc(-c6ccccc6)nc(-c6ccccc6)n5)c43)cccc21. The molecular formula is C48H33N5. The number of fused-ring (bicyclic) bond motifs is 10. The minimum absolute atomic E-state index is 0.113. The predicted molar refractivity (Wildman–Crippen MR) is 217 cm³/mol. The molecule has 0 bridgehead atoms. The van der Waals surface area contributed by atoms with Crippen LogP contribution < -0.4 is 0 Å². The van der Waals surface area contributed by atoms with Crippen LogP contribution in [0.3, 0.4) is 0 Å². The molecule has 250 valence electrons. The molecule has 0 aliphatic heterocycles. The minimum Gasteiger partial charge on any atom is -0.308 e. The van der Waals surface area contributed by atoms with E-state index in [1.165, 1.54) is 55.1 Å². The summed E-state index contributed by atoms with van der Waals surface area (Å²) in [6.45, 7) is 4.70. The molecule has 0 saturated heterocycles. The first kappa shape index (κ1) is 29.8. The Hall–Kier alpha value is -6.85. The van der Waals surface area contributed by atoms with Crippen molar-refractivity contribution >= 4 is 43.6 Å². The second-order valence-corrected chi connectivity index (χ2v) is 14.4. The minimum atomic E-state index is -0.113. The Balaban J connectivity index is 1.28. The molecule has 0 atom stereocenters. The number of hydrogen-bond donors (Lipinski definition) is 0. The first-order chi connectivity index (χ1) is 26.1. The molecular weight excluding hydrogens is 647 g/mol. The van der Waals surface area contributed by atoms with Crippen molar-refractivity contribution in [3.63, 3.8) is 0 Å². The van der Waals surface area contributed by atoms with Crippen molar-refractivity contribution in [1.29, 1.82) is 0 Å². The fourth-order valence-electron chi connectivity index (χ4n) is 8.79. The third-order valence-electron chi connectivity index (χ3n) is 11.2. The highest BCUT2D eigenvalue weighted by Crippen LogP contribution is 2.52. The van der Waals surface area contributed by atoms with Crippen LogP contribution in [0.25, 0.3) is 89.2 Å². The molecule has 10 aromatic rings. The molecule has 1 aliphatic rings. The molecule has 0 fully saturated rings. The maximum Gasteiger partial charge on any atom is 0.238 e. The van der Waals surface area contributed by atoms with E-state index in [0.29, 0.717) is 17.6 Å². The molecule has 0 amide bonds. The Labute approximate surface area is 306 Å². The largest absolute Gasteiger partial charge is 0.308 e. The maximum atomic E-state index is 5.20. The first-order valence-electron chi connectivity index (χ1n) is 18.1. The van der Waals surface area contributed by atoms with Crippen molar-refractivity contribution < 1.29 is 0 Å². The van der Waals surface area contributed by atoms with Gasteiger partial charge in [-0.25, -0.2) is 4.98 Å². The molecule has 0 radical (unpaired) electrons. The molecule has 3 heterocycles. The van der Waals surface area contributed by atoms with Crippen molar-refractivity contribution in [2.45, 2.75) is 19.3 Å². The Morgan fingerprint density at radius 2 is 1.02 bits per heavy atom. The summed E-state index contributed by atoms with van der Waals surface area (Å²) in [4.78, 5) is 15.4. The van der Waals surface area contributed by atoms with Gasteiger partial charge < -0.3 is 4.57 Å². The monoisotopic (exact) mass is 679 g/mol. The average Bonchev–Trinajstić information content (AvgIpc) is 3.82. The van der Waals surface area contributed by atoms with Crippen LogP contribution in [0.4, 0.5) is 0 Å². The van der Waals surface area contributed by atoms with Crippen LogP contribution in [0.1, 0.15) is 25.0 Å². The molecule has 1 aliphatic carbocycles. The number of benzene rings is 7. The number of rotatable bonds is 4. The van der Waals surface area contributed by atoms with Gasteiger partial charge in [0.05, 0.1) is 27.8 Å². The highest BCUT2D eigenvalue weighted by Gasteiger charge is 2.37. The lowest BCUT2D eigenvalue weighted by atomic mass is 9.82. The van der Waals surface area contributed by atoms with Crippen LogP contribution in [-0.4, -0.2) is 24.1 Å². The van der Waals surface area contributed by atoms with E-state index in [2.05, 4.69) is 150 Å². The fourth-order valence-corrected chi connectivity index (χ4v) is 8.79. The molecule has 11 rings (SSSR count). The lowest BCUT2D eigenvalue weighted by Crippen LogP contribution is -2.15. The van der Waals surface area contributed by atoms with Gasteiger partial charge in [-0.3, -0.25) is 4.57 Å². The molecule has 0 spiro atoms. The van der Waals surface area contributed by atoms with Gasteiger partial charge in [-0.15, -0.1) is 0 Å². The van der Waals surface area contributed by atoms with Gasteiger partial charge in [0.25, 0.3) is 0 Å². The average molecular weight is 680 g/mol. The Morgan fingerprint density at radius 1 is 0.434 bits per heavy atom. The molecule has 3 aromatic heterocycles. The third-order valence-corrected chi connectivity index (χ3v) is 11.2. The van der Waals surface area contributed by atoms with E-state index in [0.717, 1.165) is 27.5 Å². The van der Waals surface area contributed by atoms with Gasteiger partial charge >= 0.3 is 0 Å². The van der Waals surface area contributed by atoms with Crippen molar-refractivity contribution in [3.8, 4) is 45.5 Å². The Bertz CT molecular complexity index is 3020. The highest BCUT2D eigenvalue weighted by atomic mass is 15.2. The Kier molecular flexibility index (Phi) is 6.23. The van der Waals surface area contributed by atoms with E-state index in [9.17, 15) is 0 Å². The summed E-state index contributed by atoms with van der Waals surface area (Å²) in [5, 5.41) is 4.75. The predicted octanol–water partition coefficient (Wildman–Crippen LogP) is 11.7. The molecule has 0 N–H and O–H groups in total. The van der Waals surface area contributed by atoms with E-state index in [4.69, 9.17) is 15.0 Å². The summed E-state index contributed by atoms with van der Waals surface area (Å²) >= 11 is 0. The second kappa shape index (κ2) is 11.1. The van der Waals surface area contributed by atoms with Crippen molar-refractivity contribution in [2.75, 3.05) is 0 Å². The summed E-state index contributed by atoms with van der Waals surface area (Å²) in [6.07, 6.45) is 0. The van der Waals surface area contributed by atoms with Gasteiger partial charge in [0.2, 0.25) is 5.95 Å². The lowest BCUT2D eigenvalue weighted by molar-refractivity contribution is 0.660. The van der Waals surface area contributed by atoms with Gasteiger partial charge in [-0.05, 0) is 41.0 Å². The molecule has 53 heavy (non-hydrogen) atoms. The van der Waals surface area contributed by atoms with Crippen LogP contribution in [0, 0.1) is 0 Å². The van der Waals surface area contributed by atoms with Crippen LogP contribution in [0.15, 0.2) is 164 Å². The van der Waals surface area contributed by atoms with E-state index >= 15 is 0 Å². The van der Waals surface area contributed by atoms with Gasteiger partial charge in [-0.2, -0.15) is 9.97 Å². The molecule has 7 aromatic carbocycles. The zero-order valence-corrected chi connectivity index (χ0v) is 29.3. The quantitative estimate of drug-likeness (QED) is 0.186. The van der Waals surface area contributed by atoms with Gasteiger partial charge in [0, 0.05) is 43.7 Å². The summed E-state index contributed by atoms with van der Waals surface area (Å²) in [5.74, 6) is 1.86. The van der Waals surface area contributed by atoms with Gasteiger partial charge in [0.1, 0.15) is 0 Å². The summed E-state index contributed by atoms with van der Waals surface area (Å²) < 4.78 is 4.74. The number of para-hydroxylation sites is 2. The lowest BCUT2D eigenvalue weighted by Gasteiger charge is -2.22. The van der Waals surface area contributed by atoms with Crippen LogP contribution in [0.5, 0.6) is 0 Å². The molecule has 0 unspecified atom stereocenters. The van der Waals surface area contributed by atoms with E-state index in [-0.39, 0.29) is 5.41 Å².